The summed E-state index contributed by atoms with van der Waals surface area (Å²) in [5.74, 6) is -0.551. The third-order valence-electron chi connectivity index (χ3n) is 12.0. The number of hydrogen-bond donors (Lipinski definition) is 1. The first-order chi connectivity index (χ1) is 36.5. The van der Waals surface area contributed by atoms with Gasteiger partial charge in [-0.1, -0.05) is 59.1 Å². The van der Waals surface area contributed by atoms with E-state index in [4.69, 9.17) is 23.7 Å². The minimum atomic E-state index is -1.10. The molecule has 402 valence electrons. The zero-order valence-electron chi connectivity index (χ0n) is 45.0. The van der Waals surface area contributed by atoms with Gasteiger partial charge in [-0.3, -0.25) is 19.4 Å². The summed E-state index contributed by atoms with van der Waals surface area (Å²) in [5, 5.41) is 49.1. The number of methoxy groups -OCH3 is 1. The van der Waals surface area contributed by atoms with E-state index in [1.165, 1.54) is 39.6 Å². The topological polar surface area (TPSA) is 240 Å². The van der Waals surface area contributed by atoms with E-state index < -0.39 is 47.9 Å². The molecule has 0 spiro atoms. The lowest BCUT2D eigenvalue weighted by atomic mass is 10.0. The number of aromatic nitrogens is 4. The number of nitriles is 2. The standard InChI is InChI=1S/C29H32N4O5S.C28H30N4O5S/c1-17(2)37-24-13-10-18(14-19(24)15-30)26-31-32-27(39-26)22-9-7-8-21-20(22)11-12-23(21)33(16-25(34)36-6)28(35)38-29(3,4)5;1-16(2)36-23-12-9-17(13-18(23)14-29)25-30-31-26(38-25)21-8-6-7-20-19(21)10-11-22(20)32(15-24(33)34)27(35)37-28(3,4)5/h7-10,13-14,17,23H,11-12,16H2,1-6H3;6-9,12-13,16,22H,10-11,15H2,1-5H3,(H,33,34)/t23-;22-/m00/s1. The molecule has 1 N–H and O–H groups in total. The van der Waals surface area contributed by atoms with E-state index >= 15 is 0 Å². The van der Waals surface area contributed by atoms with Gasteiger partial charge in [0.05, 0.1) is 42.5 Å². The second-order valence-corrected chi connectivity index (χ2v) is 22.8. The molecule has 0 radical (unpaired) electrons. The molecular formula is C57H62N8O10S2. The minimum absolute atomic E-state index is 0.0426. The van der Waals surface area contributed by atoms with Crippen molar-refractivity contribution in [1.82, 2.24) is 30.2 Å². The molecule has 77 heavy (non-hydrogen) atoms. The van der Waals surface area contributed by atoms with E-state index in [2.05, 4.69) is 32.5 Å². The van der Waals surface area contributed by atoms with E-state index in [9.17, 15) is 34.8 Å². The molecule has 20 heteroatoms. The fraction of sp³-hybridized carbons (Fsp3) is 0.404. The lowest BCUT2D eigenvalue weighted by Gasteiger charge is -2.31. The highest BCUT2D eigenvalue weighted by atomic mass is 32.1. The number of carbonyl (C=O) groups excluding carboxylic acids is 3. The molecule has 2 aliphatic rings. The van der Waals surface area contributed by atoms with Crippen LogP contribution in [0.5, 0.6) is 11.5 Å². The van der Waals surface area contributed by atoms with Gasteiger partial charge in [0.15, 0.2) is 0 Å². The van der Waals surface area contributed by atoms with Crippen molar-refractivity contribution < 1.29 is 48.0 Å². The Hall–Kier alpha value is -7.94. The van der Waals surface area contributed by atoms with Gasteiger partial charge in [-0.05, 0) is 154 Å². The Balaban J connectivity index is 0.000000224. The van der Waals surface area contributed by atoms with Crippen LogP contribution in [-0.2, 0) is 36.6 Å². The zero-order chi connectivity index (χ0) is 55.9. The molecule has 0 saturated heterocycles. The molecule has 0 bridgehead atoms. The Labute approximate surface area is 456 Å². The number of nitrogens with zero attached hydrogens (tertiary/aromatic N) is 8. The largest absolute Gasteiger partial charge is 0.490 e. The van der Waals surface area contributed by atoms with Crippen LogP contribution in [0.3, 0.4) is 0 Å². The second kappa shape index (κ2) is 23.9. The lowest BCUT2D eigenvalue weighted by Crippen LogP contribution is -2.41. The monoisotopic (exact) mass is 1080 g/mol. The van der Waals surface area contributed by atoms with E-state index in [0.717, 1.165) is 49.5 Å². The van der Waals surface area contributed by atoms with Gasteiger partial charge >= 0.3 is 24.1 Å². The van der Waals surface area contributed by atoms with Gasteiger partial charge in [-0.15, -0.1) is 20.4 Å². The van der Waals surface area contributed by atoms with Gasteiger partial charge in [0.1, 0.15) is 68.0 Å². The van der Waals surface area contributed by atoms with Gasteiger partial charge in [0.2, 0.25) is 0 Å². The maximum absolute atomic E-state index is 13.1. The normalized spacial score (nSPS) is 14.5. The first-order valence-corrected chi connectivity index (χ1v) is 26.7. The van der Waals surface area contributed by atoms with Crippen LogP contribution in [0, 0.1) is 22.7 Å². The Morgan fingerprint density at radius 2 is 1.04 bits per heavy atom. The fourth-order valence-corrected chi connectivity index (χ4v) is 10.8. The molecule has 2 atom stereocenters. The van der Waals surface area contributed by atoms with Crippen molar-refractivity contribution in [1.29, 1.82) is 10.5 Å². The summed E-state index contributed by atoms with van der Waals surface area (Å²) in [6.45, 7) is 17.6. The number of rotatable bonds is 14. The number of carboxylic acids is 1. The van der Waals surface area contributed by atoms with Crippen LogP contribution in [0.2, 0.25) is 0 Å². The average Bonchev–Trinajstić information content (AvgIpc) is 4.23. The molecule has 0 saturated carbocycles. The summed E-state index contributed by atoms with van der Waals surface area (Å²) >= 11 is 2.84. The number of esters is 1. The van der Waals surface area contributed by atoms with Crippen LogP contribution in [0.1, 0.15) is 128 Å². The van der Waals surface area contributed by atoms with Crippen LogP contribution < -0.4 is 9.47 Å². The number of amides is 2. The molecule has 2 aliphatic carbocycles. The highest BCUT2D eigenvalue weighted by Crippen LogP contribution is 2.45. The number of carboxylic acid groups (broad SMARTS) is 1. The summed E-state index contributed by atoms with van der Waals surface area (Å²) in [6, 6.07) is 26.1. The molecular weight excluding hydrogens is 1020 g/mol. The molecule has 2 amide bonds. The smallest absolute Gasteiger partial charge is 0.411 e. The average molecular weight is 1080 g/mol. The molecule has 0 aliphatic heterocycles. The number of benzene rings is 4. The molecule has 18 nitrogen and oxygen atoms in total. The minimum Gasteiger partial charge on any atom is -0.490 e. The molecule has 2 heterocycles. The summed E-state index contributed by atoms with van der Waals surface area (Å²) in [6.07, 6.45) is 1.26. The van der Waals surface area contributed by atoms with E-state index in [1.54, 1.807) is 65.8 Å². The number of aliphatic carboxylic acids is 1. The van der Waals surface area contributed by atoms with Crippen molar-refractivity contribution in [2.24, 2.45) is 0 Å². The Kier molecular flexibility index (Phi) is 17.7. The van der Waals surface area contributed by atoms with Crippen LogP contribution in [0.15, 0.2) is 72.8 Å². The summed E-state index contributed by atoms with van der Waals surface area (Å²) in [7, 11) is 1.30. The second-order valence-electron chi connectivity index (χ2n) is 20.8. The Bertz CT molecular complexity index is 3250. The van der Waals surface area contributed by atoms with Crippen LogP contribution in [-0.4, -0.2) is 103 Å². The van der Waals surface area contributed by atoms with Crippen molar-refractivity contribution in [2.75, 3.05) is 20.2 Å². The fourth-order valence-electron chi connectivity index (χ4n) is 9.02. The number of fused-ring (bicyclic) bond motifs is 2. The highest BCUT2D eigenvalue weighted by molar-refractivity contribution is 7.18. The Morgan fingerprint density at radius 1 is 0.636 bits per heavy atom. The van der Waals surface area contributed by atoms with Gasteiger partial charge in [0.25, 0.3) is 0 Å². The molecule has 6 aromatic rings. The predicted octanol–water partition coefficient (Wildman–Crippen LogP) is 11.8. The number of ether oxygens (including phenoxy) is 5. The van der Waals surface area contributed by atoms with Crippen molar-refractivity contribution in [3.8, 4) is 65.9 Å². The van der Waals surface area contributed by atoms with E-state index in [-0.39, 0.29) is 24.8 Å². The molecule has 2 aromatic heterocycles. The number of carbonyl (C=O) groups is 4. The van der Waals surface area contributed by atoms with Gasteiger partial charge in [-0.25, -0.2) is 9.59 Å². The summed E-state index contributed by atoms with van der Waals surface area (Å²) in [4.78, 5) is 52.6. The Morgan fingerprint density at radius 3 is 1.40 bits per heavy atom. The van der Waals surface area contributed by atoms with E-state index in [0.29, 0.717) is 63.3 Å². The molecule has 0 unspecified atom stereocenters. The third kappa shape index (κ3) is 13.9. The van der Waals surface area contributed by atoms with Crippen molar-refractivity contribution in [2.45, 2.75) is 130 Å². The molecule has 8 rings (SSSR count). The first kappa shape index (κ1) is 56.8. The van der Waals surface area contributed by atoms with Gasteiger partial charge in [0, 0.05) is 22.3 Å². The first-order valence-electron chi connectivity index (χ1n) is 25.1. The summed E-state index contributed by atoms with van der Waals surface area (Å²) < 4.78 is 27.4. The van der Waals surface area contributed by atoms with Crippen LogP contribution >= 0.6 is 22.7 Å². The third-order valence-corrected chi connectivity index (χ3v) is 14.1. The maximum Gasteiger partial charge on any atom is 0.411 e. The van der Waals surface area contributed by atoms with Crippen LogP contribution in [0.4, 0.5) is 9.59 Å². The molecule has 4 aromatic carbocycles. The highest BCUT2D eigenvalue weighted by Gasteiger charge is 2.38. The number of hydrogen-bond acceptors (Lipinski definition) is 17. The van der Waals surface area contributed by atoms with Gasteiger partial charge < -0.3 is 28.8 Å². The molecule has 0 fully saturated rings. The van der Waals surface area contributed by atoms with Crippen LogP contribution in [0.25, 0.3) is 42.3 Å². The van der Waals surface area contributed by atoms with E-state index in [1.807, 2.05) is 76.2 Å². The predicted molar refractivity (Wildman–Crippen MR) is 290 cm³/mol. The van der Waals surface area contributed by atoms with Crippen molar-refractivity contribution in [3.05, 3.63) is 106 Å². The zero-order valence-corrected chi connectivity index (χ0v) is 46.6. The summed E-state index contributed by atoms with van der Waals surface area (Å²) in [5.41, 5.74) is 6.69. The maximum atomic E-state index is 13.1. The quantitative estimate of drug-likeness (QED) is 0.0787. The van der Waals surface area contributed by atoms with Crippen molar-refractivity contribution in [3.63, 3.8) is 0 Å². The van der Waals surface area contributed by atoms with Gasteiger partial charge in [-0.2, -0.15) is 10.5 Å². The lowest BCUT2D eigenvalue weighted by molar-refractivity contribution is -0.142. The SMILES string of the molecule is CC(C)Oc1ccc(-c2nnc(-c3cccc4c3CC[C@@H]4N(CC(=O)O)C(=O)OC(C)(C)C)s2)cc1C#N.COC(=O)CN(C(=O)OC(C)(C)C)[C@H]1CCc2c(-c3nnc(-c4ccc(OC(C)C)c(C#N)c4)s3)cccc21. The van der Waals surface area contributed by atoms with Crippen molar-refractivity contribution >= 4 is 46.8 Å².